The number of hydrogen-bond acceptors (Lipinski definition) is 3. The first kappa shape index (κ1) is 15.0. The van der Waals surface area contributed by atoms with Crippen LogP contribution >= 0.6 is 23.2 Å². The Morgan fingerprint density at radius 1 is 1.55 bits per heavy atom. The van der Waals surface area contributed by atoms with E-state index in [-0.39, 0.29) is 33.1 Å². The van der Waals surface area contributed by atoms with Crippen LogP contribution in [0.2, 0.25) is 10.0 Å². The van der Waals surface area contributed by atoms with E-state index in [9.17, 15) is 8.78 Å². The molecule has 1 aromatic heterocycles. The summed E-state index contributed by atoms with van der Waals surface area (Å²) in [7, 11) is 0. The lowest BCUT2D eigenvalue weighted by molar-refractivity contribution is 0.153. The molecule has 0 saturated carbocycles. The van der Waals surface area contributed by atoms with E-state index in [4.69, 9.17) is 34.2 Å². The van der Waals surface area contributed by atoms with Crippen molar-refractivity contribution in [2.45, 2.75) is 25.4 Å². The number of fused-ring (bicyclic) bond motifs is 1. The first-order valence-corrected chi connectivity index (χ1v) is 6.34. The van der Waals surface area contributed by atoms with Gasteiger partial charge in [-0.1, -0.05) is 23.2 Å². The van der Waals surface area contributed by atoms with Crippen molar-refractivity contribution in [2.24, 2.45) is 5.73 Å². The normalized spacial score (nSPS) is 14.5. The van der Waals surface area contributed by atoms with Crippen LogP contribution in [0.25, 0.3) is 10.9 Å². The number of benzene rings is 1. The van der Waals surface area contributed by atoms with Gasteiger partial charge in [-0.2, -0.15) is 10.4 Å². The summed E-state index contributed by atoms with van der Waals surface area (Å²) in [5.74, 6) is 0. The molecule has 0 aliphatic heterocycles. The van der Waals surface area contributed by atoms with Gasteiger partial charge in [0.05, 0.1) is 22.7 Å². The number of hydrogen-bond donors (Lipinski definition) is 1. The van der Waals surface area contributed by atoms with Crippen LogP contribution in [0.4, 0.5) is 8.78 Å². The number of nitriles is 1. The van der Waals surface area contributed by atoms with Gasteiger partial charge in [0.2, 0.25) is 0 Å². The van der Waals surface area contributed by atoms with Crippen molar-refractivity contribution in [3.05, 3.63) is 27.9 Å². The molecule has 0 amide bonds. The van der Waals surface area contributed by atoms with Crippen molar-refractivity contribution in [2.75, 3.05) is 0 Å². The van der Waals surface area contributed by atoms with Gasteiger partial charge in [-0.05, 0) is 13.0 Å². The van der Waals surface area contributed by atoms with Crippen LogP contribution in [0.15, 0.2) is 12.3 Å². The molecule has 0 fully saturated rings. The molecule has 1 unspecified atom stereocenters. The lowest BCUT2D eigenvalue weighted by Crippen LogP contribution is -2.39. The van der Waals surface area contributed by atoms with E-state index in [1.807, 2.05) is 6.07 Å². The topological polar surface area (TPSA) is 67.6 Å². The monoisotopic (exact) mass is 318 g/mol. The number of nitrogens with two attached hydrogens (primary N) is 1. The predicted octanol–water partition coefficient (Wildman–Crippen LogP) is 3.52. The molecule has 2 N–H and O–H groups in total. The number of rotatable bonds is 3. The number of alkyl halides is 2. The lowest BCUT2D eigenvalue weighted by Gasteiger charge is -2.14. The van der Waals surface area contributed by atoms with Crippen LogP contribution in [0.5, 0.6) is 0 Å². The van der Waals surface area contributed by atoms with Crippen LogP contribution in [-0.4, -0.2) is 15.3 Å². The van der Waals surface area contributed by atoms with E-state index < -0.39 is 12.0 Å². The van der Waals surface area contributed by atoms with Gasteiger partial charge >= 0.3 is 0 Å². The Labute approximate surface area is 123 Å². The predicted molar refractivity (Wildman–Crippen MR) is 72.9 cm³/mol. The van der Waals surface area contributed by atoms with E-state index in [1.165, 1.54) is 17.8 Å². The maximum absolute atomic E-state index is 13.0. The first-order chi connectivity index (χ1) is 9.25. The molecule has 4 nitrogen and oxygen atoms in total. The van der Waals surface area contributed by atoms with Gasteiger partial charge in [-0.3, -0.25) is 4.68 Å². The van der Waals surface area contributed by atoms with E-state index >= 15 is 0 Å². The summed E-state index contributed by atoms with van der Waals surface area (Å²) in [6.45, 7) is 1.57. The Balaban J connectivity index is 2.61. The highest BCUT2D eigenvalue weighted by atomic mass is 35.5. The maximum atomic E-state index is 13.0. The minimum atomic E-state index is -2.70. The molecule has 106 valence electrons. The Hall–Kier alpha value is -1.42. The van der Waals surface area contributed by atoms with Gasteiger partial charge in [0.15, 0.2) is 0 Å². The van der Waals surface area contributed by atoms with Gasteiger partial charge in [0.1, 0.15) is 11.1 Å². The summed E-state index contributed by atoms with van der Waals surface area (Å²) in [6.07, 6.45) is -1.31. The van der Waals surface area contributed by atoms with Crippen molar-refractivity contribution < 1.29 is 8.78 Å². The fourth-order valence-corrected chi connectivity index (χ4v) is 2.22. The molecule has 0 spiro atoms. The second kappa shape index (κ2) is 5.17. The van der Waals surface area contributed by atoms with Crippen molar-refractivity contribution >= 4 is 34.1 Å². The Kier molecular flexibility index (Phi) is 3.87. The summed E-state index contributed by atoms with van der Waals surface area (Å²) < 4.78 is 27.3. The Morgan fingerprint density at radius 3 is 2.75 bits per heavy atom. The van der Waals surface area contributed by atoms with Crippen molar-refractivity contribution in [1.82, 2.24) is 9.78 Å². The molecule has 0 bridgehead atoms. The van der Waals surface area contributed by atoms with Crippen LogP contribution in [0.1, 0.15) is 18.9 Å². The van der Waals surface area contributed by atoms with Gasteiger partial charge < -0.3 is 5.73 Å². The highest BCUT2D eigenvalue weighted by Gasteiger charge is 2.22. The zero-order chi connectivity index (χ0) is 15.1. The van der Waals surface area contributed by atoms with E-state index in [1.54, 1.807) is 0 Å². The molecular weight excluding hydrogens is 309 g/mol. The fourth-order valence-electron chi connectivity index (χ4n) is 1.82. The largest absolute Gasteiger partial charge is 0.312 e. The third-order valence-corrected chi connectivity index (χ3v) is 3.53. The SMILES string of the molecule is CC(N)(C#N)Cn1cc2c(C(F)F)cc(Cl)c(Cl)c2n1. The van der Waals surface area contributed by atoms with Crippen LogP contribution in [-0.2, 0) is 6.54 Å². The van der Waals surface area contributed by atoms with Gasteiger partial charge in [-0.15, -0.1) is 0 Å². The van der Waals surface area contributed by atoms with E-state index in [2.05, 4.69) is 5.10 Å². The molecule has 8 heteroatoms. The number of aromatic nitrogens is 2. The highest BCUT2D eigenvalue weighted by Crippen LogP contribution is 2.36. The van der Waals surface area contributed by atoms with E-state index in [0.717, 1.165) is 6.07 Å². The molecule has 0 saturated heterocycles. The van der Waals surface area contributed by atoms with Crippen molar-refractivity contribution in [1.29, 1.82) is 5.26 Å². The third kappa shape index (κ3) is 2.70. The Morgan fingerprint density at radius 2 is 2.20 bits per heavy atom. The average Bonchev–Trinajstić information content (AvgIpc) is 2.76. The third-order valence-electron chi connectivity index (χ3n) is 2.75. The quantitative estimate of drug-likeness (QED) is 0.941. The zero-order valence-electron chi connectivity index (χ0n) is 10.4. The standard InChI is InChI=1S/C12H10Cl2F2N4/c1-12(18,4-17)5-20-3-7-6(11(15)16)2-8(13)9(14)10(7)19-20/h2-3,11H,5,18H2,1H3. The van der Waals surface area contributed by atoms with Gasteiger partial charge in [0.25, 0.3) is 6.43 Å². The Bertz CT molecular complexity index is 704. The molecule has 2 rings (SSSR count). The van der Waals surface area contributed by atoms with Crippen LogP contribution < -0.4 is 5.73 Å². The van der Waals surface area contributed by atoms with Gasteiger partial charge in [-0.25, -0.2) is 8.78 Å². The van der Waals surface area contributed by atoms with Gasteiger partial charge in [0, 0.05) is 17.1 Å². The minimum absolute atomic E-state index is 0.00973. The summed E-state index contributed by atoms with van der Waals surface area (Å²) in [4.78, 5) is 0. The molecule has 2 aromatic rings. The average molecular weight is 319 g/mol. The second-order valence-corrected chi connectivity index (χ2v) is 5.47. The molecule has 0 aliphatic carbocycles. The highest BCUT2D eigenvalue weighted by molar-refractivity contribution is 6.45. The molecule has 0 radical (unpaired) electrons. The molecule has 1 heterocycles. The van der Waals surface area contributed by atoms with Crippen molar-refractivity contribution in [3.8, 4) is 6.07 Å². The summed E-state index contributed by atoms with van der Waals surface area (Å²) in [6, 6.07) is 3.03. The molecule has 1 atom stereocenters. The summed E-state index contributed by atoms with van der Waals surface area (Å²) >= 11 is 11.8. The van der Waals surface area contributed by atoms with Crippen molar-refractivity contribution in [3.63, 3.8) is 0 Å². The molecule has 20 heavy (non-hydrogen) atoms. The zero-order valence-corrected chi connectivity index (χ0v) is 11.9. The first-order valence-electron chi connectivity index (χ1n) is 5.58. The second-order valence-electron chi connectivity index (χ2n) is 4.68. The molecular formula is C12H10Cl2F2N4. The minimum Gasteiger partial charge on any atom is -0.312 e. The lowest BCUT2D eigenvalue weighted by atomic mass is 10.1. The number of halogens is 4. The van der Waals surface area contributed by atoms with E-state index in [0.29, 0.717) is 0 Å². The summed E-state index contributed by atoms with van der Waals surface area (Å²) in [5.41, 5.74) is 4.46. The fraction of sp³-hybridized carbons (Fsp3) is 0.333. The summed E-state index contributed by atoms with van der Waals surface area (Å²) in [5, 5.41) is 13.3. The smallest absolute Gasteiger partial charge is 0.264 e. The maximum Gasteiger partial charge on any atom is 0.264 e. The van der Waals surface area contributed by atoms with Crippen LogP contribution in [0, 0.1) is 11.3 Å². The number of nitrogens with zero attached hydrogens (tertiary/aromatic N) is 3. The van der Waals surface area contributed by atoms with Crippen LogP contribution in [0.3, 0.4) is 0 Å². The molecule has 0 aliphatic rings. The molecule has 1 aromatic carbocycles.